The largest absolute Gasteiger partial charge is 0.393 e. The van der Waals surface area contributed by atoms with Crippen molar-refractivity contribution in [2.75, 3.05) is 5.73 Å². The van der Waals surface area contributed by atoms with Crippen molar-refractivity contribution < 1.29 is 0 Å². The van der Waals surface area contributed by atoms with Gasteiger partial charge in [-0.2, -0.15) is 0 Å². The summed E-state index contributed by atoms with van der Waals surface area (Å²) in [5, 5.41) is 0. The second-order valence-electron chi connectivity index (χ2n) is 5.32. The molecule has 0 bridgehead atoms. The monoisotopic (exact) mass is 239 g/mol. The third kappa shape index (κ3) is 2.73. The molecule has 1 aromatic rings. The van der Waals surface area contributed by atoms with Gasteiger partial charge in [0.2, 0.25) is 0 Å². The van der Waals surface area contributed by atoms with Crippen molar-refractivity contribution in [1.29, 1.82) is 0 Å². The number of aromatic nitrogens is 2. The first-order chi connectivity index (χ1) is 7.90. The number of rotatable bonds is 5. The molecule has 0 fully saturated rings. The average molecular weight is 239 g/mol. The summed E-state index contributed by atoms with van der Waals surface area (Å²) in [6.07, 6.45) is 1.87. The van der Waals surface area contributed by atoms with Gasteiger partial charge in [-0.3, -0.25) is 9.48 Å². The Balaban J connectivity index is 3.36. The van der Waals surface area contributed by atoms with Crippen LogP contribution in [0.3, 0.4) is 0 Å². The van der Waals surface area contributed by atoms with E-state index < -0.39 is 0 Å². The molecular formula is C13H25N3O. The minimum atomic E-state index is -0.0379. The van der Waals surface area contributed by atoms with E-state index in [1.165, 1.54) is 0 Å². The van der Waals surface area contributed by atoms with Crippen LogP contribution in [-0.4, -0.2) is 9.36 Å². The normalized spacial score (nSPS) is 11.7. The number of hydrogen-bond donors (Lipinski definition) is 1. The Morgan fingerprint density at radius 1 is 1.24 bits per heavy atom. The van der Waals surface area contributed by atoms with E-state index in [0.29, 0.717) is 11.6 Å². The fraction of sp³-hybridized carbons (Fsp3) is 0.769. The first-order valence-electron chi connectivity index (χ1n) is 6.49. The highest BCUT2D eigenvalue weighted by Crippen LogP contribution is 2.17. The number of hydrogen-bond acceptors (Lipinski definition) is 2. The maximum Gasteiger partial charge on any atom is 0.290 e. The van der Waals surface area contributed by atoms with Crippen LogP contribution in [0.25, 0.3) is 0 Å². The first-order valence-corrected chi connectivity index (χ1v) is 6.49. The van der Waals surface area contributed by atoms with Crippen LogP contribution in [0.4, 0.5) is 5.69 Å². The Labute approximate surface area is 103 Å². The minimum absolute atomic E-state index is 0.0379. The third-order valence-electron chi connectivity index (χ3n) is 2.85. The van der Waals surface area contributed by atoms with Crippen LogP contribution in [0, 0.1) is 5.92 Å². The number of nitrogens with zero attached hydrogens (tertiary/aromatic N) is 2. The SMILES string of the molecule is CCCn1c(CC(C)C)c(N)c(=O)n1C(C)C. The second kappa shape index (κ2) is 5.43. The molecule has 0 aromatic carbocycles. The molecule has 1 aromatic heterocycles. The zero-order valence-electron chi connectivity index (χ0n) is 11.7. The van der Waals surface area contributed by atoms with E-state index in [1.807, 2.05) is 13.8 Å². The van der Waals surface area contributed by atoms with E-state index in [-0.39, 0.29) is 11.6 Å². The van der Waals surface area contributed by atoms with E-state index in [9.17, 15) is 4.79 Å². The molecular weight excluding hydrogens is 214 g/mol. The third-order valence-corrected chi connectivity index (χ3v) is 2.85. The topological polar surface area (TPSA) is 52.9 Å². The quantitative estimate of drug-likeness (QED) is 0.858. The van der Waals surface area contributed by atoms with Gasteiger partial charge in [0.25, 0.3) is 5.56 Å². The molecule has 0 aliphatic rings. The van der Waals surface area contributed by atoms with Crippen LogP contribution in [0.2, 0.25) is 0 Å². The van der Waals surface area contributed by atoms with Crippen molar-refractivity contribution >= 4 is 5.69 Å². The summed E-state index contributed by atoms with van der Waals surface area (Å²) in [5.74, 6) is 0.503. The van der Waals surface area contributed by atoms with Crippen LogP contribution in [0.15, 0.2) is 4.79 Å². The Morgan fingerprint density at radius 3 is 2.24 bits per heavy atom. The molecule has 0 saturated heterocycles. The summed E-state index contributed by atoms with van der Waals surface area (Å²) in [7, 11) is 0. The summed E-state index contributed by atoms with van der Waals surface area (Å²) in [4.78, 5) is 12.1. The summed E-state index contributed by atoms with van der Waals surface area (Å²) in [6.45, 7) is 11.3. The van der Waals surface area contributed by atoms with Crippen molar-refractivity contribution in [2.24, 2.45) is 5.92 Å². The fourth-order valence-corrected chi connectivity index (χ4v) is 2.20. The molecule has 1 heterocycles. The molecule has 0 unspecified atom stereocenters. The Hall–Kier alpha value is -1.19. The van der Waals surface area contributed by atoms with Crippen LogP contribution in [0.1, 0.15) is 52.8 Å². The van der Waals surface area contributed by atoms with E-state index >= 15 is 0 Å². The van der Waals surface area contributed by atoms with Gasteiger partial charge < -0.3 is 5.73 Å². The molecule has 0 amide bonds. The molecule has 0 radical (unpaired) electrons. The Bertz CT molecular complexity index is 427. The first kappa shape index (κ1) is 13.9. The standard InChI is InChI=1S/C13H25N3O/c1-6-7-15-11(8-9(2)3)12(14)13(17)16(15)10(4)5/h9-10H,6-8,14H2,1-5H3. The molecule has 0 aliphatic heterocycles. The Morgan fingerprint density at radius 2 is 1.82 bits per heavy atom. The van der Waals surface area contributed by atoms with Gasteiger partial charge >= 0.3 is 0 Å². The lowest BCUT2D eigenvalue weighted by Crippen LogP contribution is -2.26. The van der Waals surface area contributed by atoms with Gasteiger partial charge in [0.1, 0.15) is 5.69 Å². The summed E-state index contributed by atoms with van der Waals surface area (Å²) >= 11 is 0. The van der Waals surface area contributed by atoms with E-state index in [1.54, 1.807) is 4.68 Å². The minimum Gasteiger partial charge on any atom is -0.393 e. The van der Waals surface area contributed by atoms with E-state index in [2.05, 4.69) is 25.5 Å². The van der Waals surface area contributed by atoms with Crippen molar-refractivity contribution in [3.8, 4) is 0 Å². The van der Waals surface area contributed by atoms with Gasteiger partial charge in [-0.15, -0.1) is 0 Å². The van der Waals surface area contributed by atoms with Crippen LogP contribution >= 0.6 is 0 Å². The number of nitrogens with two attached hydrogens (primary N) is 1. The van der Waals surface area contributed by atoms with Crippen LogP contribution < -0.4 is 11.3 Å². The van der Waals surface area contributed by atoms with E-state index in [4.69, 9.17) is 5.73 Å². The molecule has 4 heteroatoms. The highest BCUT2D eigenvalue weighted by molar-refractivity contribution is 5.42. The predicted octanol–water partition coefficient (Wildman–Crippen LogP) is 2.42. The molecule has 2 N–H and O–H groups in total. The van der Waals surface area contributed by atoms with Gasteiger partial charge in [0.05, 0.1) is 5.69 Å². The van der Waals surface area contributed by atoms with Gasteiger partial charge in [-0.25, -0.2) is 4.68 Å². The lowest BCUT2D eigenvalue weighted by Gasteiger charge is -2.17. The number of anilines is 1. The summed E-state index contributed by atoms with van der Waals surface area (Å²) in [5.41, 5.74) is 7.36. The molecule has 4 nitrogen and oxygen atoms in total. The van der Waals surface area contributed by atoms with Crippen LogP contribution in [-0.2, 0) is 13.0 Å². The lowest BCUT2D eigenvalue weighted by atomic mass is 10.1. The highest BCUT2D eigenvalue weighted by Gasteiger charge is 2.19. The summed E-state index contributed by atoms with van der Waals surface area (Å²) < 4.78 is 3.86. The van der Waals surface area contributed by atoms with Gasteiger partial charge in [-0.05, 0) is 32.6 Å². The van der Waals surface area contributed by atoms with Crippen molar-refractivity contribution in [2.45, 2.75) is 60.0 Å². The fourth-order valence-electron chi connectivity index (χ4n) is 2.20. The smallest absolute Gasteiger partial charge is 0.290 e. The summed E-state index contributed by atoms with van der Waals surface area (Å²) in [6, 6.07) is 0.150. The van der Waals surface area contributed by atoms with E-state index in [0.717, 1.165) is 25.1 Å². The molecule has 17 heavy (non-hydrogen) atoms. The molecule has 0 aliphatic carbocycles. The zero-order valence-corrected chi connectivity index (χ0v) is 11.7. The van der Waals surface area contributed by atoms with Crippen molar-refractivity contribution in [3.05, 3.63) is 16.0 Å². The molecule has 98 valence electrons. The number of nitrogen functional groups attached to an aromatic ring is 1. The highest BCUT2D eigenvalue weighted by atomic mass is 16.1. The maximum absolute atomic E-state index is 12.1. The second-order valence-corrected chi connectivity index (χ2v) is 5.32. The average Bonchev–Trinajstić information content (AvgIpc) is 2.43. The van der Waals surface area contributed by atoms with Crippen LogP contribution in [0.5, 0.6) is 0 Å². The molecule has 0 spiro atoms. The Kier molecular flexibility index (Phi) is 4.43. The maximum atomic E-state index is 12.1. The molecule has 1 rings (SSSR count). The van der Waals surface area contributed by atoms with Gasteiger partial charge in [0, 0.05) is 12.6 Å². The molecule has 0 atom stereocenters. The zero-order chi connectivity index (χ0) is 13.2. The van der Waals surface area contributed by atoms with Gasteiger partial charge in [0.15, 0.2) is 0 Å². The predicted molar refractivity (Wildman–Crippen MR) is 72.3 cm³/mol. The lowest BCUT2D eigenvalue weighted by molar-refractivity contribution is 0.381. The van der Waals surface area contributed by atoms with Crippen molar-refractivity contribution in [3.63, 3.8) is 0 Å². The molecule has 0 saturated carbocycles. The van der Waals surface area contributed by atoms with Crippen molar-refractivity contribution in [1.82, 2.24) is 9.36 Å². The van der Waals surface area contributed by atoms with Gasteiger partial charge in [-0.1, -0.05) is 20.8 Å².